The van der Waals surface area contributed by atoms with Gasteiger partial charge in [0.2, 0.25) is 11.8 Å². The molecule has 2 aromatic rings. The van der Waals surface area contributed by atoms with Crippen molar-refractivity contribution in [3.63, 3.8) is 0 Å². The summed E-state index contributed by atoms with van der Waals surface area (Å²) >= 11 is 2.06. The van der Waals surface area contributed by atoms with Gasteiger partial charge in [-0.3, -0.25) is 9.59 Å². The van der Waals surface area contributed by atoms with Gasteiger partial charge in [0.25, 0.3) is 0 Å². The number of aliphatic hydroxyl groups excluding tert-OH is 3. The molecule has 1 aliphatic rings. The van der Waals surface area contributed by atoms with E-state index in [1.807, 2.05) is 44.2 Å². The molecule has 4 N–H and O–H groups in total. The summed E-state index contributed by atoms with van der Waals surface area (Å²) in [6.07, 6.45) is 0.963. The van der Waals surface area contributed by atoms with Gasteiger partial charge >= 0.3 is 0 Å². The summed E-state index contributed by atoms with van der Waals surface area (Å²) in [5.74, 6) is -0.00221. The largest absolute Gasteiger partial charge is 0.493 e. The smallest absolute Gasteiger partial charge is 0.247 e. The van der Waals surface area contributed by atoms with Gasteiger partial charge in [-0.2, -0.15) is 0 Å². The zero-order valence-electron chi connectivity index (χ0n) is 22.3. The number of aliphatic hydroxyl groups is 3. The summed E-state index contributed by atoms with van der Waals surface area (Å²) in [6, 6.07) is 12.0. The van der Waals surface area contributed by atoms with Crippen molar-refractivity contribution in [1.82, 2.24) is 10.2 Å². The molecule has 2 aromatic carbocycles. The first-order valence-corrected chi connectivity index (χ1v) is 13.7. The van der Waals surface area contributed by atoms with E-state index in [0.29, 0.717) is 26.2 Å². The molecule has 0 spiro atoms. The van der Waals surface area contributed by atoms with Crippen LogP contribution in [0.25, 0.3) is 0 Å². The number of hydrogen-bond acceptors (Lipinski definition) is 7. The molecule has 1 aliphatic carbocycles. The highest BCUT2D eigenvalue weighted by Crippen LogP contribution is 2.37. The number of allylic oxidation sites excluding steroid dienone is 1. The van der Waals surface area contributed by atoms with Gasteiger partial charge in [0.1, 0.15) is 12.2 Å². The van der Waals surface area contributed by atoms with Gasteiger partial charge in [0.15, 0.2) is 11.5 Å². The lowest BCUT2D eigenvalue weighted by Gasteiger charge is -2.40. The van der Waals surface area contributed by atoms with E-state index < -0.39 is 24.2 Å². The number of ether oxygens (including phenoxy) is 2. The summed E-state index contributed by atoms with van der Waals surface area (Å²) in [4.78, 5) is 28.0. The molecule has 0 bridgehead atoms. The lowest BCUT2D eigenvalue weighted by molar-refractivity contribution is -0.134. The number of methoxy groups -OCH3 is 1. The van der Waals surface area contributed by atoms with Crippen LogP contribution in [-0.2, 0) is 22.7 Å². The highest BCUT2D eigenvalue weighted by atomic mass is 127. The van der Waals surface area contributed by atoms with Crippen molar-refractivity contribution in [1.29, 1.82) is 0 Å². The van der Waals surface area contributed by atoms with Crippen LogP contribution in [0.4, 0.5) is 0 Å². The maximum atomic E-state index is 13.4. The predicted octanol–water partition coefficient (Wildman–Crippen LogP) is 2.70. The van der Waals surface area contributed by atoms with Gasteiger partial charge in [0.05, 0.1) is 29.9 Å². The molecule has 0 saturated carbocycles. The van der Waals surface area contributed by atoms with E-state index in [1.165, 1.54) is 13.2 Å². The Morgan fingerprint density at radius 1 is 1.15 bits per heavy atom. The average Bonchev–Trinajstić information content (AvgIpc) is 2.92. The van der Waals surface area contributed by atoms with E-state index in [9.17, 15) is 24.9 Å². The third kappa shape index (κ3) is 8.04. The molecule has 0 fully saturated rings. The third-order valence-corrected chi connectivity index (χ3v) is 7.03. The number of hydrogen-bond donors (Lipinski definition) is 4. The number of amides is 2. The topological polar surface area (TPSA) is 129 Å². The minimum Gasteiger partial charge on any atom is -0.493 e. The Morgan fingerprint density at radius 2 is 1.87 bits per heavy atom. The molecule has 3 atom stereocenters. The molecule has 0 aromatic heterocycles. The summed E-state index contributed by atoms with van der Waals surface area (Å²) in [5, 5.41) is 33.1. The van der Waals surface area contributed by atoms with Gasteiger partial charge < -0.3 is 35.0 Å². The van der Waals surface area contributed by atoms with Crippen molar-refractivity contribution in [3.05, 3.63) is 80.5 Å². The maximum absolute atomic E-state index is 13.4. The van der Waals surface area contributed by atoms with E-state index in [0.717, 1.165) is 11.1 Å². The average molecular weight is 651 g/mol. The van der Waals surface area contributed by atoms with Crippen LogP contribution in [0.2, 0.25) is 0 Å². The maximum Gasteiger partial charge on any atom is 0.247 e. The summed E-state index contributed by atoms with van der Waals surface area (Å²) in [5.41, 5.74) is 2.63. The molecule has 210 valence electrons. The lowest BCUT2D eigenvalue weighted by Crippen LogP contribution is -2.54. The zero-order chi connectivity index (χ0) is 28.5. The van der Waals surface area contributed by atoms with E-state index in [-0.39, 0.29) is 38.6 Å². The van der Waals surface area contributed by atoms with E-state index in [2.05, 4.69) is 27.9 Å². The molecule has 0 saturated heterocycles. The van der Waals surface area contributed by atoms with Crippen LogP contribution < -0.4 is 14.8 Å². The number of carbonyl (C=O) groups excluding carboxylic acids is 2. The second-order valence-corrected chi connectivity index (χ2v) is 10.6. The number of rotatable bonds is 11. The van der Waals surface area contributed by atoms with Crippen molar-refractivity contribution < 1.29 is 34.4 Å². The molecule has 10 heteroatoms. The minimum atomic E-state index is -1.18. The molecule has 9 nitrogen and oxygen atoms in total. The van der Waals surface area contributed by atoms with Crippen LogP contribution in [0, 0.1) is 3.57 Å². The molecule has 3 unspecified atom stereocenters. The molecule has 2 amide bonds. The molecular formula is C29H35IN2O7. The van der Waals surface area contributed by atoms with Crippen molar-refractivity contribution in [2.24, 2.45) is 0 Å². The van der Waals surface area contributed by atoms with Gasteiger partial charge in [-0.25, -0.2) is 0 Å². The van der Waals surface area contributed by atoms with Crippen molar-refractivity contribution in [2.75, 3.05) is 20.3 Å². The van der Waals surface area contributed by atoms with Crippen molar-refractivity contribution >= 4 is 34.4 Å². The van der Waals surface area contributed by atoms with Crippen LogP contribution in [-0.4, -0.2) is 70.5 Å². The molecule has 0 radical (unpaired) electrons. The van der Waals surface area contributed by atoms with Crippen LogP contribution in [0.1, 0.15) is 31.4 Å². The first-order valence-electron chi connectivity index (χ1n) is 12.6. The fraction of sp³-hybridized carbons (Fsp3) is 0.379. The van der Waals surface area contributed by atoms with Gasteiger partial charge in [-0.15, -0.1) is 0 Å². The predicted molar refractivity (Wildman–Crippen MR) is 155 cm³/mol. The van der Waals surface area contributed by atoms with Crippen LogP contribution in [0.5, 0.6) is 11.5 Å². The normalized spacial score (nSPS) is 18.5. The molecule has 0 heterocycles. The van der Waals surface area contributed by atoms with Crippen LogP contribution in [0.3, 0.4) is 0 Å². The van der Waals surface area contributed by atoms with Crippen LogP contribution in [0.15, 0.2) is 65.8 Å². The lowest BCUT2D eigenvalue weighted by atomic mass is 9.87. The van der Waals surface area contributed by atoms with Gasteiger partial charge in [-0.05, 0) is 65.8 Å². The Labute approximate surface area is 242 Å². The third-order valence-electron chi connectivity index (χ3n) is 6.23. The van der Waals surface area contributed by atoms with Crippen molar-refractivity contribution in [2.45, 2.75) is 51.7 Å². The Balaban J connectivity index is 2.05. The number of carbonyl (C=O) groups is 2. The Hall–Kier alpha value is -2.93. The fourth-order valence-electron chi connectivity index (χ4n) is 4.36. The first kappa shape index (κ1) is 30.6. The standard InChI is InChI=1S/C29H35IN2O7/c1-18(2)11-26(35)32(16-19-7-5-4-6-8-19)23-14-21(29(37)31-9-10-33)15-24(27(23)36)39-28-22(30)12-20(17-34)13-25(28)38-3/h4-8,11-13,15,23-24,27,33-34,36H,9-10,14,16-17H2,1-3H3,(H,31,37). The molecular weight excluding hydrogens is 615 g/mol. The Morgan fingerprint density at radius 3 is 2.49 bits per heavy atom. The summed E-state index contributed by atoms with van der Waals surface area (Å²) < 4.78 is 12.4. The SMILES string of the molecule is COc1cc(CO)cc(I)c1OC1C=C(C(=O)NCCO)CC(N(Cc2ccccc2)C(=O)C=C(C)C)C1O. The quantitative estimate of drug-likeness (QED) is 0.218. The van der Waals surface area contributed by atoms with Gasteiger partial charge in [-0.1, -0.05) is 35.9 Å². The molecule has 39 heavy (non-hydrogen) atoms. The first-order chi connectivity index (χ1) is 18.7. The number of nitrogens with zero attached hydrogens (tertiary/aromatic N) is 1. The zero-order valence-corrected chi connectivity index (χ0v) is 24.4. The Bertz CT molecular complexity index is 1210. The van der Waals surface area contributed by atoms with Gasteiger partial charge in [0, 0.05) is 31.2 Å². The fourth-order valence-corrected chi connectivity index (χ4v) is 5.16. The number of benzene rings is 2. The van der Waals surface area contributed by atoms with E-state index in [4.69, 9.17) is 9.47 Å². The monoisotopic (exact) mass is 650 g/mol. The Kier molecular flexibility index (Phi) is 11.3. The van der Waals surface area contributed by atoms with Crippen LogP contribution >= 0.6 is 22.6 Å². The van der Waals surface area contributed by atoms with E-state index in [1.54, 1.807) is 23.1 Å². The second kappa shape index (κ2) is 14.5. The summed E-state index contributed by atoms with van der Waals surface area (Å²) in [7, 11) is 1.48. The summed E-state index contributed by atoms with van der Waals surface area (Å²) in [6.45, 7) is 3.51. The number of nitrogens with one attached hydrogen (secondary N) is 1. The highest BCUT2D eigenvalue weighted by molar-refractivity contribution is 14.1. The second-order valence-electron chi connectivity index (χ2n) is 9.46. The number of halogens is 1. The van der Waals surface area contributed by atoms with E-state index >= 15 is 0 Å². The van der Waals surface area contributed by atoms with Crippen molar-refractivity contribution in [3.8, 4) is 11.5 Å². The molecule has 0 aliphatic heterocycles. The minimum absolute atomic E-state index is 0.0632. The molecule has 3 rings (SSSR count). The highest BCUT2D eigenvalue weighted by Gasteiger charge is 2.40.